The maximum Gasteiger partial charge on any atom is 0.181 e. The Hall–Kier alpha value is -1.81. The van der Waals surface area contributed by atoms with E-state index in [4.69, 9.17) is 9.15 Å². The fraction of sp³-hybridized carbons (Fsp3) is 0.357. The zero-order chi connectivity index (χ0) is 12.2. The summed E-state index contributed by atoms with van der Waals surface area (Å²) in [5.74, 6) is 0.797. The van der Waals surface area contributed by atoms with Crippen molar-refractivity contribution in [2.75, 3.05) is 18.5 Å². The molecule has 1 aliphatic rings. The summed E-state index contributed by atoms with van der Waals surface area (Å²) in [6, 6.07) is 8.73. The van der Waals surface area contributed by atoms with E-state index in [0.717, 1.165) is 43.1 Å². The molecule has 0 unspecified atom stereocenters. The first-order valence-electron chi connectivity index (χ1n) is 6.25. The van der Waals surface area contributed by atoms with Gasteiger partial charge in [-0.1, -0.05) is 12.1 Å². The van der Waals surface area contributed by atoms with Crippen molar-refractivity contribution < 1.29 is 9.15 Å². The highest BCUT2D eigenvalue weighted by Gasteiger charge is 2.13. The Bertz CT molecular complexity index is 490. The summed E-state index contributed by atoms with van der Waals surface area (Å²) >= 11 is 0. The Morgan fingerprint density at radius 3 is 2.89 bits per heavy atom. The molecule has 0 amide bonds. The summed E-state index contributed by atoms with van der Waals surface area (Å²) in [6.07, 6.45) is 5.31. The molecule has 0 spiro atoms. The van der Waals surface area contributed by atoms with E-state index >= 15 is 0 Å². The number of ether oxygens (including phenoxy) is 1. The maximum absolute atomic E-state index is 5.36. The first-order chi connectivity index (χ1) is 8.92. The number of nitrogens with one attached hydrogen (secondary N) is 1. The fourth-order valence-corrected chi connectivity index (χ4v) is 2.20. The lowest BCUT2D eigenvalue weighted by Crippen LogP contribution is -2.27. The van der Waals surface area contributed by atoms with Crippen LogP contribution in [0.2, 0.25) is 0 Å². The summed E-state index contributed by atoms with van der Waals surface area (Å²) in [5.41, 5.74) is 2.17. The minimum atomic E-state index is 0.503. The van der Waals surface area contributed by atoms with Crippen molar-refractivity contribution in [3.63, 3.8) is 0 Å². The van der Waals surface area contributed by atoms with Gasteiger partial charge in [-0.25, -0.2) is 4.98 Å². The predicted molar refractivity (Wildman–Crippen MR) is 69.4 cm³/mol. The first kappa shape index (κ1) is 11.3. The molecule has 0 saturated carbocycles. The number of anilines is 1. The van der Waals surface area contributed by atoms with E-state index in [1.54, 1.807) is 6.20 Å². The largest absolute Gasteiger partial charge is 0.444 e. The highest BCUT2D eigenvalue weighted by molar-refractivity contribution is 5.63. The molecule has 2 aromatic rings. The molecule has 2 heterocycles. The summed E-state index contributed by atoms with van der Waals surface area (Å²) in [6.45, 7) is 1.69. The van der Waals surface area contributed by atoms with Crippen LogP contribution in [0.3, 0.4) is 0 Å². The number of nitrogens with zero attached hydrogens (tertiary/aromatic N) is 1. The molecule has 1 aromatic carbocycles. The summed E-state index contributed by atoms with van der Waals surface area (Å²) in [5, 5.41) is 3.54. The van der Waals surface area contributed by atoms with Crippen molar-refractivity contribution in [3.8, 4) is 11.3 Å². The van der Waals surface area contributed by atoms with Gasteiger partial charge in [0.25, 0.3) is 0 Å². The van der Waals surface area contributed by atoms with Gasteiger partial charge < -0.3 is 14.5 Å². The number of rotatable bonds is 3. The van der Waals surface area contributed by atoms with Gasteiger partial charge in [-0.3, -0.25) is 0 Å². The van der Waals surface area contributed by atoms with Gasteiger partial charge in [0.1, 0.15) is 0 Å². The van der Waals surface area contributed by atoms with Crippen molar-refractivity contribution in [2.24, 2.45) is 0 Å². The lowest BCUT2D eigenvalue weighted by molar-refractivity contribution is 0.0904. The molecular weight excluding hydrogens is 228 g/mol. The van der Waals surface area contributed by atoms with Gasteiger partial charge in [-0.2, -0.15) is 0 Å². The quantitative estimate of drug-likeness (QED) is 0.901. The Kier molecular flexibility index (Phi) is 3.28. The molecule has 0 aliphatic carbocycles. The van der Waals surface area contributed by atoms with Crippen molar-refractivity contribution in [1.29, 1.82) is 0 Å². The third-order valence-corrected chi connectivity index (χ3v) is 3.17. The summed E-state index contributed by atoms with van der Waals surface area (Å²) < 4.78 is 10.7. The highest BCUT2D eigenvalue weighted by atomic mass is 16.5. The van der Waals surface area contributed by atoms with Crippen LogP contribution >= 0.6 is 0 Å². The number of hydrogen-bond donors (Lipinski definition) is 1. The van der Waals surface area contributed by atoms with Gasteiger partial charge in [-0.15, -0.1) is 0 Å². The Labute approximate surface area is 106 Å². The number of aromatic nitrogens is 1. The highest BCUT2D eigenvalue weighted by Crippen LogP contribution is 2.23. The van der Waals surface area contributed by atoms with Crippen LogP contribution in [-0.4, -0.2) is 24.2 Å². The Morgan fingerprint density at radius 1 is 1.22 bits per heavy atom. The van der Waals surface area contributed by atoms with E-state index in [9.17, 15) is 0 Å². The molecule has 0 atom stereocenters. The van der Waals surface area contributed by atoms with Gasteiger partial charge in [0, 0.05) is 30.5 Å². The second kappa shape index (κ2) is 5.23. The molecule has 1 aliphatic heterocycles. The van der Waals surface area contributed by atoms with Crippen molar-refractivity contribution in [2.45, 2.75) is 18.9 Å². The average molecular weight is 244 g/mol. The smallest absolute Gasteiger partial charge is 0.181 e. The maximum atomic E-state index is 5.36. The second-order valence-electron chi connectivity index (χ2n) is 4.48. The first-order valence-corrected chi connectivity index (χ1v) is 6.25. The lowest BCUT2D eigenvalue weighted by Gasteiger charge is -2.24. The topological polar surface area (TPSA) is 47.3 Å². The molecule has 94 valence electrons. The van der Waals surface area contributed by atoms with Gasteiger partial charge in [0.2, 0.25) is 0 Å². The summed E-state index contributed by atoms with van der Waals surface area (Å²) in [4.78, 5) is 3.94. The Balaban J connectivity index is 1.74. The van der Waals surface area contributed by atoms with E-state index in [1.807, 2.05) is 12.1 Å². The minimum Gasteiger partial charge on any atom is -0.444 e. The normalized spacial score (nSPS) is 16.7. The van der Waals surface area contributed by atoms with Crippen LogP contribution in [0.25, 0.3) is 11.3 Å². The fourth-order valence-electron chi connectivity index (χ4n) is 2.20. The predicted octanol–water partition coefficient (Wildman–Crippen LogP) is 2.93. The second-order valence-corrected chi connectivity index (χ2v) is 4.48. The van der Waals surface area contributed by atoms with E-state index in [-0.39, 0.29) is 0 Å². The third kappa shape index (κ3) is 2.54. The molecule has 18 heavy (non-hydrogen) atoms. The third-order valence-electron chi connectivity index (χ3n) is 3.17. The number of oxazole rings is 1. The molecule has 3 rings (SSSR count). The van der Waals surface area contributed by atoms with E-state index in [0.29, 0.717) is 6.04 Å². The van der Waals surface area contributed by atoms with Gasteiger partial charge in [0.15, 0.2) is 12.2 Å². The molecule has 1 saturated heterocycles. The SMILES string of the molecule is c1cc(NC2CCOCC2)cc(-c2cnco2)c1. The van der Waals surface area contributed by atoms with Crippen molar-refractivity contribution >= 4 is 5.69 Å². The van der Waals surface area contributed by atoms with Gasteiger partial charge in [-0.05, 0) is 25.0 Å². The molecule has 0 radical (unpaired) electrons. The van der Waals surface area contributed by atoms with Crippen LogP contribution in [0.15, 0.2) is 41.3 Å². The molecule has 1 aromatic heterocycles. The zero-order valence-corrected chi connectivity index (χ0v) is 10.1. The van der Waals surface area contributed by atoms with E-state index < -0.39 is 0 Å². The molecule has 1 fully saturated rings. The standard InChI is InChI=1S/C14H16N2O2/c1-2-11(14-9-15-10-18-14)8-13(3-1)16-12-4-6-17-7-5-12/h1-3,8-10,12,16H,4-7H2. The molecular formula is C14H16N2O2. The van der Waals surface area contributed by atoms with Crippen molar-refractivity contribution in [3.05, 3.63) is 36.9 Å². The van der Waals surface area contributed by atoms with Crippen LogP contribution < -0.4 is 5.32 Å². The van der Waals surface area contributed by atoms with E-state index in [2.05, 4.69) is 22.4 Å². The average Bonchev–Trinajstić information content (AvgIpc) is 2.94. The monoisotopic (exact) mass is 244 g/mol. The number of benzene rings is 1. The number of hydrogen-bond acceptors (Lipinski definition) is 4. The van der Waals surface area contributed by atoms with Crippen LogP contribution in [0.4, 0.5) is 5.69 Å². The van der Waals surface area contributed by atoms with Crippen LogP contribution in [0, 0.1) is 0 Å². The van der Waals surface area contributed by atoms with Gasteiger partial charge >= 0.3 is 0 Å². The molecule has 1 N–H and O–H groups in total. The molecule has 4 heteroatoms. The minimum absolute atomic E-state index is 0.503. The zero-order valence-electron chi connectivity index (χ0n) is 10.1. The Morgan fingerprint density at radius 2 is 2.11 bits per heavy atom. The summed E-state index contributed by atoms with van der Waals surface area (Å²) in [7, 11) is 0. The molecule has 4 nitrogen and oxygen atoms in total. The van der Waals surface area contributed by atoms with Crippen molar-refractivity contribution in [1.82, 2.24) is 4.98 Å². The molecule has 0 bridgehead atoms. The van der Waals surface area contributed by atoms with Gasteiger partial charge in [0.05, 0.1) is 6.20 Å². The van der Waals surface area contributed by atoms with Crippen LogP contribution in [-0.2, 0) is 4.74 Å². The lowest BCUT2D eigenvalue weighted by atomic mass is 10.1. The van der Waals surface area contributed by atoms with Crippen LogP contribution in [0.1, 0.15) is 12.8 Å². The van der Waals surface area contributed by atoms with Crippen LogP contribution in [0.5, 0.6) is 0 Å². The van der Waals surface area contributed by atoms with E-state index in [1.165, 1.54) is 6.39 Å².